The highest BCUT2D eigenvalue weighted by Crippen LogP contribution is 2.23. The van der Waals surface area contributed by atoms with Gasteiger partial charge < -0.3 is 14.1 Å². The van der Waals surface area contributed by atoms with E-state index in [1.807, 2.05) is 42.5 Å². The minimum absolute atomic E-state index is 0.0155. The lowest BCUT2D eigenvalue weighted by molar-refractivity contribution is -0.127. The minimum atomic E-state index is -0.0155. The van der Waals surface area contributed by atoms with Crippen LogP contribution >= 0.6 is 11.8 Å². The Balaban J connectivity index is 1.50. The van der Waals surface area contributed by atoms with Crippen molar-refractivity contribution in [2.75, 3.05) is 19.9 Å². The Morgan fingerprint density at radius 1 is 1.14 bits per heavy atom. The number of aromatic nitrogens is 2. The SMILES string of the molecule is COc1ccccc1CN(C)C(=O)CSc1nnc(CC(C)c2ccccc2)o1. The van der Waals surface area contributed by atoms with Crippen molar-refractivity contribution in [3.63, 3.8) is 0 Å². The van der Waals surface area contributed by atoms with Gasteiger partial charge in [0.1, 0.15) is 5.75 Å². The van der Waals surface area contributed by atoms with Gasteiger partial charge in [-0.3, -0.25) is 4.79 Å². The van der Waals surface area contributed by atoms with Crippen LogP contribution in [0.25, 0.3) is 0 Å². The smallest absolute Gasteiger partial charge is 0.277 e. The second-order valence-electron chi connectivity index (χ2n) is 6.83. The first-order chi connectivity index (χ1) is 14.1. The highest BCUT2D eigenvalue weighted by molar-refractivity contribution is 7.99. The van der Waals surface area contributed by atoms with E-state index in [9.17, 15) is 4.79 Å². The average Bonchev–Trinajstić information content (AvgIpc) is 3.20. The third kappa shape index (κ3) is 5.84. The van der Waals surface area contributed by atoms with Gasteiger partial charge in [-0.25, -0.2) is 0 Å². The second kappa shape index (κ2) is 10.1. The van der Waals surface area contributed by atoms with Crippen LogP contribution in [-0.2, 0) is 17.8 Å². The van der Waals surface area contributed by atoms with Gasteiger partial charge in [0.05, 0.1) is 12.9 Å². The largest absolute Gasteiger partial charge is 0.496 e. The summed E-state index contributed by atoms with van der Waals surface area (Å²) in [6.07, 6.45) is 0.666. The lowest BCUT2D eigenvalue weighted by Crippen LogP contribution is -2.28. The Hall–Kier alpha value is -2.80. The van der Waals surface area contributed by atoms with Gasteiger partial charge in [0.2, 0.25) is 11.8 Å². The average molecular weight is 412 g/mol. The number of rotatable bonds is 9. The molecule has 0 aliphatic heterocycles. The summed E-state index contributed by atoms with van der Waals surface area (Å²) in [4.78, 5) is 14.1. The van der Waals surface area contributed by atoms with E-state index >= 15 is 0 Å². The maximum absolute atomic E-state index is 12.5. The van der Waals surface area contributed by atoms with E-state index in [4.69, 9.17) is 9.15 Å². The fourth-order valence-electron chi connectivity index (χ4n) is 2.95. The molecule has 0 aliphatic carbocycles. The van der Waals surface area contributed by atoms with Gasteiger partial charge in [0.25, 0.3) is 5.22 Å². The van der Waals surface area contributed by atoms with Crippen LogP contribution in [0.5, 0.6) is 5.75 Å². The summed E-state index contributed by atoms with van der Waals surface area (Å²) in [6.45, 7) is 2.61. The van der Waals surface area contributed by atoms with Gasteiger partial charge in [0, 0.05) is 25.6 Å². The van der Waals surface area contributed by atoms with Crippen molar-refractivity contribution in [2.45, 2.75) is 31.0 Å². The molecule has 0 bridgehead atoms. The number of hydrogen-bond donors (Lipinski definition) is 0. The Morgan fingerprint density at radius 2 is 1.86 bits per heavy atom. The first-order valence-corrected chi connectivity index (χ1v) is 10.4. The number of ether oxygens (including phenoxy) is 1. The number of benzene rings is 2. The first-order valence-electron chi connectivity index (χ1n) is 9.42. The molecule has 1 atom stereocenters. The number of nitrogens with zero attached hydrogens (tertiary/aromatic N) is 3. The summed E-state index contributed by atoms with van der Waals surface area (Å²) >= 11 is 1.26. The molecule has 0 saturated carbocycles. The lowest BCUT2D eigenvalue weighted by atomic mass is 9.98. The third-order valence-electron chi connectivity index (χ3n) is 4.64. The maximum atomic E-state index is 12.5. The predicted octanol–water partition coefficient (Wildman–Crippen LogP) is 4.18. The van der Waals surface area contributed by atoms with E-state index in [2.05, 4.69) is 29.3 Å². The monoisotopic (exact) mass is 411 g/mol. The molecule has 29 heavy (non-hydrogen) atoms. The number of carbonyl (C=O) groups excluding carboxylic acids is 1. The van der Waals surface area contributed by atoms with Gasteiger partial charge in [-0.1, -0.05) is 67.2 Å². The van der Waals surface area contributed by atoms with Crippen molar-refractivity contribution in [3.05, 3.63) is 71.6 Å². The van der Waals surface area contributed by atoms with Crippen molar-refractivity contribution >= 4 is 17.7 Å². The standard InChI is InChI=1S/C22H25N3O3S/c1-16(17-9-5-4-6-10-17)13-20-23-24-22(28-20)29-15-21(26)25(2)14-18-11-7-8-12-19(18)27-3/h4-12,16H,13-15H2,1-3H3. The van der Waals surface area contributed by atoms with Crippen molar-refractivity contribution in [1.82, 2.24) is 15.1 Å². The first kappa shape index (κ1) is 20.9. The molecule has 2 aromatic carbocycles. The Morgan fingerprint density at radius 3 is 2.62 bits per heavy atom. The molecule has 3 aromatic rings. The Kier molecular flexibility index (Phi) is 7.30. The molecule has 7 heteroatoms. The molecule has 152 valence electrons. The molecular formula is C22H25N3O3S. The second-order valence-corrected chi connectivity index (χ2v) is 7.75. The van der Waals surface area contributed by atoms with Gasteiger partial charge in [0.15, 0.2) is 0 Å². The van der Waals surface area contributed by atoms with Gasteiger partial charge in [-0.05, 0) is 17.5 Å². The molecule has 0 spiro atoms. The zero-order valence-electron chi connectivity index (χ0n) is 16.9. The number of hydrogen-bond acceptors (Lipinski definition) is 6. The van der Waals surface area contributed by atoms with Crippen LogP contribution in [-0.4, -0.2) is 40.9 Å². The molecule has 0 radical (unpaired) electrons. The Bertz CT molecular complexity index is 930. The molecule has 0 N–H and O–H groups in total. The van der Waals surface area contributed by atoms with Crippen LogP contribution in [0.15, 0.2) is 64.2 Å². The van der Waals surface area contributed by atoms with Gasteiger partial charge in [-0.2, -0.15) is 0 Å². The number of methoxy groups -OCH3 is 1. The van der Waals surface area contributed by atoms with Gasteiger partial charge in [-0.15, -0.1) is 10.2 Å². The molecule has 1 aromatic heterocycles. The molecular weight excluding hydrogens is 386 g/mol. The lowest BCUT2D eigenvalue weighted by Gasteiger charge is -2.18. The zero-order valence-corrected chi connectivity index (χ0v) is 17.7. The van der Waals surface area contributed by atoms with Crippen LogP contribution in [0.3, 0.4) is 0 Å². The predicted molar refractivity (Wildman–Crippen MR) is 113 cm³/mol. The summed E-state index contributed by atoms with van der Waals surface area (Å²) in [6, 6.07) is 17.9. The van der Waals surface area contributed by atoms with Crippen molar-refractivity contribution in [1.29, 1.82) is 0 Å². The topological polar surface area (TPSA) is 68.5 Å². The number of para-hydroxylation sites is 1. The van der Waals surface area contributed by atoms with Crippen molar-refractivity contribution in [3.8, 4) is 5.75 Å². The third-order valence-corrected chi connectivity index (χ3v) is 5.45. The molecule has 1 heterocycles. The maximum Gasteiger partial charge on any atom is 0.277 e. The molecule has 6 nitrogen and oxygen atoms in total. The quantitative estimate of drug-likeness (QED) is 0.492. The van der Waals surface area contributed by atoms with E-state index in [0.29, 0.717) is 24.1 Å². The highest BCUT2D eigenvalue weighted by Gasteiger charge is 2.16. The summed E-state index contributed by atoms with van der Waals surface area (Å²) < 4.78 is 11.1. The van der Waals surface area contributed by atoms with E-state index in [1.165, 1.54) is 17.3 Å². The minimum Gasteiger partial charge on any atom is -0.496 e. The summed E-state index contributed by atoms with van der Waals surface area (Å²) in [5, 5.41) is 8.59. The summed E-state index contributed by atoms with van der Waals surface area (Å²) in [7, 11) is 3.40. The normalized spacial score (nSPS) is 11.8. The van der Waals surface area contributed by atoms with Crippen molar-refractivity contribution < 1.29 is 13.9 Å². The molecule has 1 unspecified atom stereocenters. The molecule has 0 fully saturated rings. The van der Waals surface area contributed by atoms with Crippen LogP contribution in [0, 0.1) is 0 Å². The van der Waals surface area contributed by atoms with E-state index in [1.54, 1.807) is 19.1 Å². The molecule has 3 rings (SSSR count). The molecule has 0 saturated heterocycles. The number of carbonyl (C=O) groups is 1. The van der Waals surface area contributed by atoms with Crippen LogP contribution in [0.4, 0.5) is 0 Å². The van der Waals surface area contributed by atoms with Crippen LogP contribution in [0.2, 0.25) is 0 Å². The van der Waals surface area contributed by atoms with E-state index in [-0.39, 0.29) is 17.6 Å². The van der Waals surface area contributed by atoms with Gasteiger partial charge >= 0.3 is 0 Å². The highest BCUT2D eigenvalue weighted by atomic mass is 32.2. The number of thioether (sulfide) groups is 1. The van der Waals surface area contributed by atoms with E-state index < -0.39 is 0 Å². The Labute approximate surface area is 175 Å². The van der Waals surface area contributed by atoms with E-state index in [0.717, 1.165) is 11.3 Å². The summed E-state index contributed by atoms with van der Waals surface area (Å²) in [5.41, 5.74) is 2.19. The fraction of sp³-hybridized carbons (Fsp3) is 0.318. The van der Waals surface area contributed by atoms with Crippen molar-refractivity contribution in [2.24, 2.45) is 0 Å². The van der Waals surface area contributed by atoms with Crippen LogP contribution < -0.4 is 4.74 Å². The fourth-order valence-corrected chi connectivity index (χ4v) is 3.67. The summed E-state index contributed by atoms with van der Waals surface area (Å²) in [5.74, 6) is 1.86. The zero-order chi connectivity index (χ0) is 20.6. The molecule has 0 aliphatic rings. The van der Waals surface area contributed by atoms with Crippen LogP contribution in [0.1, 0.15) is 29.9 Å². The number of amides is 1. The molecule has 1 amide bonds.